The lowest BCUT2D eigenvalue weighted by atomic mass is 10.2. The second-order valence-corrected chi connectivity index (χ2v) is 9.15. The van der Waals surface area contributed by atoms with Gasteiger partial charge in [-0.25, -0.2) is 9.55 Å². The highest BCUT2D eigenvalue weighted by atomic mass is 33.1. The van der Waals surface area contributed by atoms with Crippen LogP contribution in [0.1, 0.15) is 11.3 Å². The fourth-order valence-electron chi connectivity index (χ4n) is 2.91. The van der Waals surface area contributed by atoms with Gasteiger partial charge in [-0.1, -0.05) is 4.98 Å². The Kier molecular flexibility index (Phi) is 4.36. The molecule has 0 aliphatic carbocycles. The predicted molar refractivity (Wildman–Crippen MR) is 97.9 cm³/mol. The van der Waals surface area contributed by atoms with Gasteiger partial charge in [0.1, 0.15) is 17.0 Å². The third-order valence-corrected chi connectivity index (χ3v) is 6.16. The van der Waals surface area contributed by atoms with Crippen molar-refractivity contribution in [1.29, 1.82) is 0 Å². The zero-order chi connectivity index (χ0) is 19.2. The number of rotatable bonds is 5. The number of nitrogens with one attached hydrogen (secondary N) is 1. The van der Waals surface area contributed by atoms with Crippen molar-refractivity contribution in [2.45, 2.75) is 12.7 Å². The van der Waals surface area contributed by atoms with E-state index in [1.165, 1.54) is 7.11 Å². The average molecular weight is 410 g/mol. The van der Waals surface area contributed by atoms with Crippen molar-refractivity contribution in [1.82, 2.24) is 9.97 Å². The van der Waals surface area contributed by atoms with Crippen molar-refractivity contribution in [2.24, 2.45) is 0 Å². The van der Waals surface area contributed by atoms with E-state index in [1.54, 1.807) is 29.0 Å². The number of hydrogen-bond acceptors (Lipinski definition) is 7. The number of hydrogen-bond donors (Lipinski definition) is 2. The Balaban J connectivity index is 1.82. The lowest BCUT2D eigenvalue weighted by Crippen LogP contribution is -2.37. The molecule has 0 atom stereocenters. The third kappa shape index (κ3) is 3.40. The minimum atomic E-state index is -4.19. The van der Waals surface area contributed by atoms with Crippen molar-refractivity contribution < 1.29 is 31.7 Å². The molecule has 4 rings (SSSR count). The third-order valence-electron chi connectivity index (χ3n) is 4.22. The summed E-state index contributed by atoms with van der Waals surface area (Å²) in [5, 5.41) is 0. The number of ether oxygens (including phenoxy) is 3. The molecule has 1 aliphatic heterocycles. The molecule has 0 spiro atoms. The van der Waals surface area contributed by atoms with E-state index in [4.69, 9.17) is 18.8 Å². The van der Waals surface area contributed by atoms with Crippen LogP contribution in [-0.2, 0) is 14.9 Å². The number of benzene rings is 1. The van der Waals surface area contributed by atoms with E-state index in [2.05, 4.69) is 9.97 Å². The maximum absolute atomic E-state index is 11.2. The first-order valence-corrected chi connectivity index (χ1v) is 10.8. The molecular weight excluding hydrogens is 394 g/mol. The Labute approximate surface area is 158 Å². The molecule has 1 aliphatic rings. The lowest BCUT2D eigenvalue weighted by molar-refractivity contribution is -0.610. The summed E-state index contributed by atoms with van der Waals surface area (Å²) >= 11 is 0. The summed E-state index contributed by atoms with van der Waals surface area (Å²) in [6.45, 7) is 1.99. The summed E-state index contributed by atoms with van der Waals surface area (Å²) in [5.74, 6) is 2.37. The summed E-state index contributed by atoms with van der Waals surface area (Å²) < 4.78 is 49.3. The number of pyridine rings is 1. The first-order chi connectivity index (χ1) is 12.9. The van der Waals surface area contributed by atoms with E-state index in [1.807, 2.05) is 6.92 Å². The Morgan fingerprint density at radius 1 is 1.37 bits per heavy atom. The molecule has 27 heavy (non-hydrogen) atoms. The molecule has 0 amide bonds. The summed E-state index contributed by atoms with van der Waals surface area (Å²) in [5.41, 5.74) is 2.80. The molecule has 0 bridgehead atoms. The monoisotopic (exact) mass is 410 g/mol. The van der Waals surface area contributed by atoms with Gasteiger partial charge in [-0.15, -0.1) is 0 Å². The molecule has 3 aromatic rings. The molecule has 2 N–H and O–H groups in total. The summed E-state index contributed by atoms with van der Waals surface area (Å²) in [4.78, 5) is 7.77. The van der Waals surface area contributed by atoms with E-state index < -0.39 is 9.15 Å². The summed E-state index contributed by atoms with van der Waals surface area (Å²) in [6.07, 6.45) is 1.73. The van der Waals surface area contributed by atoms with Gasteiger partial charge in [0, 0.05) is 34.6 Å². The standard InChI is InChI=1S/C16H15N3O6S2/c1-9-12(7-26-27(20,21)22)19(4-3-13(9)23-2)16-17-10-5-14-15(25-8-24-14)6-11(10)18-16/h3-6H,7-8H2,1-2H3,(H-,17,18,20,21,22)/p+1. The fourth-order valence-corrected chi connectivity index (χ4v) is 4.31. The second-order valence-electron chi connectivity index (χ2n) is 5.80. The van der Waals surface area contributed by atoms with Gasteiger partial charge in [0.2, 0.25) is 6.79 Å². The molecule has 2 aromatic heterocycles. The van der Waals surface area contributed by atoms with Gasteiger partial charge in [-0.05, 0) is 6.92 Å². The second kappa shape index (κ2) is 6.59. The quantitative estimate of drug-likeness (QED) is 0.372. The first kappa shape index (κ1) is 17.9. The van der Waals surface area contributed by atoms with Crippen molar-refractivity contribution in [3.63, 3.8) is 0 Å². The van der Waals surface area contributed by atoms with E-state index in [9.17, 15) is 8.42 Å². The number of nitrogens with zero attached hydrogens (tertiary/aromatic N) is 2. The van der Waals surface area contributed by atoms with Crippen LogP contribution in [0.4, 0.5) is 0 Å². The Morgan fingerprint density at radius 3 is 2.81 bits per heavy atom. The molecule has 1 aromatic carbocycles. The smallest absolute Gasteiger partial charge is 0.402 e. The fraction of sp³-hybridized carbons (Fsp3) is 0.250. The molecule has 0 unspecified atom stereocenters. The van der Waals surface area contributed by atoms with Gasteiger partial charge >= 0.3 is 15.1 Å². The first-order valence-electron chi connectivity index (χ1n) is 7.85. The van der Waals surface area contributed by atoms with Crippen LogP contribution in [0.2, 0.25) is 0 Å². The molecule has 0 radical (unpaired) electrons. The van der Waals surface area contributed by atoms with Crippen molar-refractivity contribution in [2.75, 3.05) is 13.9 Å². The predicted octanol–water partition coefficient (Wildman–Crippen LogP) is 1.92. The van der Waals surface area contributed by atoms with E-state index >= 15 is 0 Å². The highest BCUT2D eigenvalue weighted by molar-refractivity contribution is 8.69. The van der Waals surface area contributed by atoms with Crippen molar-refractivity contribution in [3.8, 4) is 23.2 Å². The van der Waals surface area contributed by atoms with Gasteiger partial charge < -0.3 is 14.2 Å². The van der Waals surface area contributed by atoms with Crippen LogP contribution >= 0.6 is 10.8 Å². The number of H-pyrrole nitrogens is 1. The van der Waals surface area contributed by atoms with Crippen LogP contribution in [0, 0.1) is 6.92 Å². The highest BCUT2D eigenvalue weighted by Gasteiger charge is 2.24. The van der Waals surface area contributed by atoms with Crippen LogP contribution in [0.15, 0.2) is 24.4 Å². The van der Waals surface area contributed by atoms with Crippen molar-refractivity contribution >= 4 is 31.0 Å². The normalized spacial score (nSPS) is 13.3. The number of imidazole rings is 1. The number of aromatic nitrogens is 3. The molecule has 11 heteroatoms. The van der Waals surface area contributed by atoms with Crippen LogP contribution in [0.3, 0.4) is 0 Å². The molecular formula is C16H16N3O6S2+. The Hall–Kier alpha value is -2.50. The van der Waals surface area contributed by atoms with Crippen LogP contribution in [0.5, 0.6) is 17.2 Å². The minimum absolute atomic E-state index is 0.0155. The molecule has 3 heterocycles. The molecule has 0 saturated carbocycles. The van der Waals surface area contributed by atoms with E-state index in [-0.39, 0.29) is 12.5 Å². The zero-order valence-electron chi connectivity index (χ0n) is 14.4. The van der Waals surface area contributed by atoms with Gasteiger partial charge in [-0.3, -0.25) is 4.55 Å². The molecule has 9 nitrogen and oxygen atoms in total. The Morgan fingerprint density at radius 2 is 2.11 bits per heavy atom. The van der Waals surface area contributed by atoms with E-state index in [0.29, 0.717) is 45.2 Å². The maximum Gasteiger partial charge on any atom is 0.402 e. The SMILES string of the molecule is COc1cc[n+](-c2nc3cc4c(cc3[nH]2)OCO4)c(CSS(=O)(=O)O)c1C. The summed E-state index contributed by atoms with van der Waals surface area (Å²) in [6, 6.07) is 5.34. The van der Waals surface area contributed by atoms with Gasteiger partial charge in [-0.2, -0.15) is 8.42 Å². The Bertz CT molecular complexity index is 1100. The van der Waals surface area contributed by atoms with Gasteiger partial charge in [0.25, 0.3) is 0 Å². The molecule has 0 saturated heterocycles. The largest absolute Gasteiger partial charge is 0.496 e. The molecule has 142 valence electrons. The van der Waals surface area contributed by atoms with Crippen LogP contribution in [0.25, 0.3) is 17.0 Å². The van der Waals surface area contributed by atoms with Gasteiger partial charge in [0.15, 0.2) is 17.0 Å². The molecule has 0 fully saturated rings. The van der Waals surface area contributed by atoms with Crippen LogP contribution in [-0.4, -0.2) is 36.8 Å². The van der Waals surface area contributed by atoms with Crippen LogP contribution < -0.4 is 18.8 Å². The number of aromatic amines is 1. The maximum atomic E-state index is 11.2. The lowest BCUT2D eigenvalue weighted by Gasteiger charge is -2.11. The summed E-state index contributed by atoms with van der Waals surface area (Å²) in [7, 11) is -2.23. The number of fused-ring (bicyclic) bond motifs is 2. The van der Waals surface area contributed by atoms with Crippen molar-refractivity contribution in [3.05, 3.63) is 35.7 Å². The minimum Gasteiger partial charge on any atom is -0.496 e. The van der Waals surface area contributed by atoms with E-state index in [0.717, 1.165) is 11.1 Å². The zero-order valence-corrected chi connectivity index (χ0v) is 16.1. The number of methoxy groups -OCH3 is 1. The topological polar surface area (TPSA) is 115 Å². The van der Waals surface area contributed by atoms with Gasteiger partial charge in [0.05, 0.1) is 19.1 Å². The highest BCUT2D eigenvalue weighted by Crippen LogP contribution is 2.35. The average Bonchev–Trinajstić information content (AvgIpc) is 3.22.